The fraction of sp³-hybridized carbons (Fsp3) is 0.444. The third kappa shape index (κ3) is 5.97. The first kappa shape index (κ1) is 27.7. The van der Waals surface area contributed by atoms with Crippen LogP contribution in [0.3, 0.4) is 0 Å². The average Bonchev–Trinajstić information content (AvgIpc) is 3.12. The molecule has 0 bridgehead atoms. The Kier molecular flexibility index (Phi) is 8.52. The minimum absolute atomic E-state index is 0.0100. The zero-order valence-corrected chi connectivity index (χ0v) is 24.4. The van der Waals surface area contributed by atoms with Crippen LogP contribution in [0.5, 0.6) is 0 Å². The van der Waals surface area contributed by atoms with Crippen molar-refractivity contribution in [2.24, 2.45) is 5.92 Å². The van der Waals surface area contributed by atoms with Gasteiger partial charge in [0, 0.05) is 30.4 Å². The number of nitrogens with one attached hydrogen (secondary N) is 1. The molecule has 4 aromatic rings. The molecule has 1 atom stereocenters. The van der Waals surface area contributed by atoms with Gasteiger partial charge in [-0.3, -0.25) is 4.79 Å². The molecule has 41 heavy (non-hydrogen) atoms. The lowest BCUT2D eigenvalue weighted by molar-refractivity contribution is -0.124. The smallest absolute Gasteiger partial charge is 0.228 e. The van der Waals surface area contributed by atoms with Crippen LogP contribution in [0, 0.1) is 12.8 Å². The topological polar surface area (TPSA) is 67.2 Å². The number of aliphatic hydroxyl groups excluding tert-OH is 1. The Morgan fingerprint density at radius 2 is 1.71 bits per heavy atom. The average molecular weight is 550 g/mol. The third-order valence-corrected chi connectivity index (χ3v) is 9.44. The first-order valence-electron chi connectivity index (χ1n) is 15.6. The SMILES string of the molecule is Cc1ccnc2c1c1c(n2Cc2ccc(C(C(=O)NCc3cccc(CO)c3)C3CCCCCC3)cc2)CCCC1. The Balaban J connectivity index is 1.25. The Morgan fingerprint density at radius 1 is 0.951 bits per heavy atom. The summed E-state index contributed by atoms with van der Waals surface area (Å²) in [4.78, 5) is 18.6. The van der Waals surface area contributed by atoms with Crippen LogP contribution in [-0.2, 0) is 37.3 Å². The third-order valence-electron chi connectivity index (χ3n) is 9.44. The highest BCUT2D eigenvalue weighted by molar-refractivity contribution is 5.86. The number of amides is 1. The molecule has 0 radical (unpaired) electrons. The van der Waals surface area contributed by atoms with Crippen LogP contribution < -0.4 is 5.32 Å². The molecule has 1 unspecified atom stereocenters. The molecular weight excluding hydrogens is 506 g/mol. The van der Waals surface area contributed by atoms with Crippen LogP contribution in [0.4, 0.5) is 0 Å². The molecule has 2 aliphatic carbocycles. The molecule has 6 rings (SSSR count). The summed E-state index contributed by atoms with van der Waals surface area (Å²) in [5.41, 5.74) is 9.66. The van der Waals surface area contributed by atoms with E-state index in [9.17, 15) is 9.90 Å². The van der Waals surface area contributed by atoms with Gasteiger partial charge < -0.3 is 15.0 Å². The number of aromatic nitrogens is 2. The van der Waals surface area contributed by atoms with E-state index in [1.54, 1.807) is 0 Å². The van der Waals surface area contributed by atoms with Gasteiger partial charge in [-0.05, 0) is 90.8 Å². The number of rotatable bonds is 8. The van der Waals surface area contributed by atoms with Crippen molar-refractivity contribution in [1.29, 1.82) is 0 Å². The van der Waals surface area contributed by atoms with Crippen LogP contribution in [0.15, 0.2) is 60.8 Å². The van der Waals surface area contributed by atoms with Crippen LogP contribution >= 0.6 is 0 Å². The summed E-state index contributed by atoms with van der Waals surface area (Å²) in [6.45, 7) is 3.51. The molecule has 0 saturated heterocycles. The van der Waals surface area contributed by atoms with Gasteiger partial charge in [-0.2, -0.15) is 0 Å². The molecule has 214 valence electrons. The van der Waals surface area contributed by atoms with Gasteiger partial charge in [-0.1, -0.05) is 74.2 Å². The number of carbonyl (C=O) groups excluding carboxylic acids is 1. The number of hydrogen-bond acceptors (Lipinski definition) is 3. The predicted molar refractivity (Wildman–Crippen MR) is 165 cm³/mol. The molecule has 0 aliphatic heterocycles. The Labute approximate surface area is 244 Å². The maximum Gasteiger partial charge on any atom is 0.228 e. The van der Waals surface area contributed by atoms with Crippen molar-refractivity contribution in [3.8, 4) is 0 Å². The van der Waals surface area contributed by atoms with Crippen molar-refractivity contribution in [1.82, 2.24) is 14.9 Å². The maximum absolute atomic E-state index is 13.8. The van der Waals surface area contributed by atoms with Gasteiger partial charge in [-0.25, -0.2) is 4.98 Å². The highest BCUT2D eigenvalue weighted by atomic mass is 16.3. The molecule has 5 nitrogen and oxygen atoms in total. The van der Waals surface area contributed by atoms with Gasteiger partial charge in [0.05, 0.1) is 12.5 Å². The number of fused-ring (bicyclic) bond motifs is 3. The first-order chi connectivity index (χ1) is 20.1. The largest absolute Gasteiger partial charge is 0.392 e. The second kappa shape index (κ2) is 12.6. The summed E-state index contributed by atoms with van der Waals surface area (Å²) >= 11 is 0. The molecule has 2 aromatic carbocycles. The van der Waals surface area contributed by atoms with Crippen molar-refractivity contribution >= 4 is 16.9 Å². The van der Waals surface area contributed by atoms with E-state index in [-0.39, 0.29) is 18.4 Å². The maximum atomic E-state index is 13.8. The zero-order valence-electron chi connectivity index (χ0n) is 24.4. The number of nitrogens with zero attached hydrogens (tertiary/aromatic N) is 2. The van der Waals surface area contributed by atoms with E-state index < -0.39 is 0 Å². The number of benzene rings is 2. The number of aryl methyl sites for hydroxylation is 2. The van der Waals surface area contributed by atoms with E-state index in [2.05, 4.69) is 47.1 Å². The number of pyridine rings is 1. The van der Waals surface area contributed by atoms with E-state index in [1.807, 2.05) is 30.5 Å². The minimum Gasteiger partial charge on any atom is -0.392 e. The van der Waals surface area contributed by atoms with Gasteiger partial charge in [0.2, 0.25) is 5.91 Å². The number of aliphatic hydroxyl groups is 1. The van der Waals surface area contributed by atoms with Gasteiger partial charge in [0.1, 0.15) is 5.65 Å². The van der Waals surface area contributed by atoms with Crippen molar-refractivity contribution in [3.63, 3.8) is 0 Å². The van der Waals surface area contributed by atoms with Crippen LogP contribution in [0.1, 0.15) is 96.4 Å². The molecule has 1 fully saturated rings. The highest BCUT2D eigenvalue weighted by Crippen LogP contribution is 2.37. The summed E-state index contributed by atoms with van der Waals surface area (Å²) in [5.74, 6) is 0.330. The van der Waals surface area contributed by atoms with E-state index in [0.717, 1.165) is 54.6 Å². The molecule has 0 spiro atoms. The van der Waals surface area contributed by atoms with Crippen LogP contribution in [-0.4, -0.2) is 20.6 Å². The quantitative estimate of drug-likeness (QED) is 0.230. The standard InChI is InChI=1S/C36H43N3O2/c1-25-19-20-37-35-33(25)31-13-6-7-14-32(31)39(35)23-26-15-17-30(18-16-26)34(29-11-4-2-3-5-12-29)36(41)38-22-27-9-8-10-28(21-27)24-40/h8-10,15-21,29,34,40H,2-7,11-14,22-24H2,1H3,(H,38,41). The molecular formula is C36H43N3O2. The van der Waals surface area contributed by atoms with Gasteiger partial charge in [0.25, 0.3) is 0 Å². The lowest BCUT2D eigenvalue weighted by Crippen LogP contribution is -2.33. The molecule has 2 aliphatic rings. The van der Waals surface area contributed by atoms with Gasteiger partial charge in [-0.15, -0.1) is 0 Å². The lowest BCUT2D eigenvalue weighted by Gasteiger charge is -2.26. The van der Waals surface area contributed by atoms with E-state index in [1.165, 1.54) is 66.3 Å². The van der Waals surface area contributed by atoms with Crippen molar-refractivity contribution in [2.75, 3.05) is 0 Å². The Hall–Kier alpha value is -3.44. The molecule has 2 aromatic heterocycles. The fourth-order valence-electron chi connectivity index (χ4n) is 7.31. The zero-order chi connectivity index (χ0) is 28.2. The van der Waals surface area contributed by atoms with Gasteiger partial charge >= 0.3 is 0 Å². The van der Waals surface area contributed by atoms with Gasteiger partial charge in [0.15, 0.2) is 0 Å². The second-order valence-corrected chi connectivity index (χ2v) is 12.2. The normalized spacial score (nSPS) is 16.7. The van der Waals surface area contributed by atoms with E-state index >= 15 is 0 Å². The Morgan fingerprint density at radius 3 is 2.49 bits per heavy atom. The summed E-state index contributed by atoms with van der Waals surface area (Å²) in [7, 11) is 0. The molecule has 5 heteroatoms. The summed E-state index contributed by atoms with van der Waals surface area (Å²) in [6, 6.07) is 18.8. The first-order valence-corrected chi connectivity index (χ1v) is 15.6. The minimum atomic E-state index is -0.146. The van der Waals surface area contributed by atoms with Crippen molar-refractivity contribution in [3.05, 3.63) is 99.9 Å². The summed E-state index contributed by atoms with van der Waals surface area (Å²) in [5, 5.41) is 14.1. The highest BCUT2D eigenvalue weighted by Gasteiger charge is 2.30. The van der Waals surface area contributed by atoms with Crippen molar-refractivity contribution in [2.45, 2.75) is 96.7 Å². The predicted octanol–water partition coefficient (Wildman–Crippen LogP) is 7.13. The van der Waals surface area contributed by atoms with Crippen LogP contribution in [0.2, 0.25) is 0 Å². The lowest BCUT2D eigenvalue weighted by atomic mass is 9.80. The fourth-order valence-corrected chi connectivity index (χ4v) is 7.31. The summed E-state index contributed by atoms with van der Waals surface area (Å²) in [6.07, 6.45) is 13.8. The van der Waals surface area contributed by atoms with Crippen molar-refractivity contribution < 1.29 is 9.90 Å². The molecule has 2 N–H and O–H groups in total. The number of carbonyl (C=O) groups is 1. The second-order valence-electron chi connectivity index (χ2n) is 12.2. The molecule has 1 saturated carbocycles. The Bertz CT molecular complexity index is 1500. The number of hydrogen-bond donors (Lipinski definition) is 2. The van der Waals surface area contributed by atoms with Crippen LogP contribution in [0.25, 0.3) is 11.0 Å². The molecule has 1 amide bonds. The van der Waals surface area contributed by atoms with E-state index in [4.69, 9.17) is 4.98 Å². The van der Waals surface area contributed by atoms with E-state index in [0.29, 0.717) is 12.5 Å². The summed E-state index contributed by atoms with van der Waals surface area (Å²) < 4.78 is 2.45. The molecule has 2 heterocycles. The monoisotopic (exact) mass is 549 g/mol.